The molecule has 2 unspecified atom stereocenters. The van der Waals surface area contributed by atoms with Gasteiger partial charge in [0.25, 0.3) is 0 Å². The number of carbonyl (C=O) groups is 2. The van der Waals surface area contributed by atoms with Crippen LogP contribution in [0.1, 0.15) is 60.8 Å². The molecule has 1 rings (SSSR count). The third-order valence-corrected chi connectivity index (χ3v) is 4.16. The van der Waals surface area contributed by atoms with Gasteiger partial charge in [-0.05, 0) is 64.5 Å². The molecule has 0 aromatic carbocycles. The van der Waals surface area contributed by atoms with Gasteiger partial charge in [-0.25, -0.2) is 0 Å². The number of hydrogen-bond acceptors (Lipinski definition) is 2. The van der Waals surface area contributed by atoms with E-state index in [1.807, 2.05) is 27.7 Å². The van der Waals surface area contributed by atoms with Crippen molar-refractivity contribution >= 4 is 11.6 Å². The van der Waals surface area contributed by atoms with Crippen LogP contribution in [0, 0.1) is 17.8 Å². The molecule has 0 aromatic rings. The van der Waals surface area contributed by atoms with Crippen LogP contribution in [0.15, 0.2) is 34.9 Å². The third kappa shape index (κ3) is 5.40. The van der Waals surface area contributed by atoms with E-state index in [0.29, 0.717) is 12.3 Å². The second kappa shape index (κ2) is 8.26. The Kier molecular flexibility index (Phi) is 6.99. The lowest BCUT2D eigenvalue weighted by Gasteiger charge is -2.30. The Hall–Kier alpha value is -1.44. The molecule has 0 bridgehead atoms. The Morgan fingerprint density at radius 3 is 2.41 bits per heavy atom. The Labute approximate surface area is 135 Å². The van der Waals surface area contributed by atoms with Gasteiger partial charge in [0.05, 0.1) is 0 Å². The Balaban J connectivity index is 3.02. The van der Waals surface area contributed by atoms with Crippen molar-refractivity contribution in [1.29, 1.82) is 0 Å². The third-order valence-electron chi connectivity index (χ3n) is 4.16. The fourth-order valence-corrected chi connectivity index (χ4v) is 3.21. The predicted molar refractivity (Wildman–Crippen MR) is 92.6 cm³/mol. The molecule has 0 aromatic heterocycles. The van der Waals surface area contributed by atoms with Crippen LogP contribution < -0.4 is 0 Å². The number of rotatable bonds is 6. The van der Waals surface area contributed by atoms with Crippen molar-refractivity contribution in [2.75, 3.05) is 0 Å². The van der Waals surface area contributed by atoms with Crippen molar-refractivity contribution in [3.63, 3.8) is 0 Å². The molecule has 0 amide bonds. The highest BCUT2D eigenvalue weighted by Gasteiger charge is 2.31. The van der Waals surface area contributed by atoms with E-state index in [9.17, 15) is 9.59 Å². The van der Waals surface area contributed by atoms with E-state index in [1.165, 1.54) is 0 Å². The van der Waals surface area contributed by atoms with Crippen molar-refractivity contribution in [1.82, 2.24) is 0 Å². The number of hydrogen-bond donors (Lipinski definition) is 0. The highest BCUT2D eigenvalue weighted by molar-refractivity contribution is 5.95. The molecule has 0 spiro atoms. The maximum atomic E-state index is 12.6. The second-order valence-electron chi connectivity index (χ2n) is 7.19. The monoisotopic (exact) mass is 302 g/mol. The zero-order chi connectivity index (χ0) is 16.9. The van der Waals surface area contributed by atoms with E-state index in [0.717, 1.165) is 29.6 Å². The minimum absolute atomic E-state index is 0.105. The van der Waals surface area contributed by atoms with Gasteiger partial charge in [-0.1, -0.05) is 36.6 Å². The minimum Gasteiger partial charge on any atom is -0.295 e. The molecule has 0 saturated heterocycles. The molecular weight excluding hydrogens is 272 g/mol. The van der Waals surface area contributed by atoms with Gasteiger partial charge in [0.2, 0.25) is 0 Å². The lowest BCUT2D eigenvalue weighted by Crippen LogP contribution is -2.27. The summed E-state index contributed by atoms with van der Waals surface area (Å²) in [4.78, 5) is 24.6. The molecule has 2 atom stereocenters. The summed E-state index contributed by atoms with van der Waals surface area (Å²) in [5, 5.41) is 0. The first-order valence-corrected chi connectivity index (χ1v) is 8.28. The van der Waals surface area contributed by atoms with Crippen LogP contribution in [0.4, 0.5) is 0 Å². The molecule has 0 heterocycles. The quantitative estimate of drug-likeness (QED) is 0.508. The first-order valence-electron chi connectivity index (χ1n) is 8.28. The molecule has 0 saturated carbocycles. The van der Waals surface area contributed by atoms with E-state index in [-0.39, 0.29) is 23.4 Å². The minimum atomic E-state index is -0.105. The molecule has 2 heteroatoms. The van der Waals surface area contributed by atoms with Gasteiger partial charge in [-0.2, -0.15) is 0 Å². The average Bonchev–Trinajstić information content (AvgIpc) is 2.35. The molecular formula is C20H30O2. The predicted octanol–water partition coefficient (Wildman–Crippen LogP) is 5.06. The van der Waals surface area contributed by atoms with Crippen LogP contribution in [0.2, 0.25) is 0 Å². The largest absolute Gasteiger partial charge is 0.295 e. The molecule has 122 valence electrons. The fraction of sp³-hybridized carbons (Fsp3) is 0.600. The summed E-state index contributed by atoms with van der Waals surface area (Å²) in [5.41, 5.74) is 3.22. The molecule has 0 radical (unpaired) electrons. The maximum absolute atomic E-state index is 12.6. The lowest BCUT2D eigenvalue weighted by molar-refractivity contribution is -0.119. The van der Waals surface area contributed by atoms with Crippen LogP contribution in [0.25, 0.3) is 0 Å². The number of carbonyl (C=O) groups excluding carboxylic acids is 2. The van der Waals surface area contributed by atoms with Crippen LogP contribution in [0.3, 0.4) is 0 Å². The van der Waals surface area contributed by atoms with Crippen LogP contribution in [-0.4, -0.2) is 11.6 Å². The van der Waals surface area contributed by atoms with Crippen molar-refractivity contribution < 1.29 is 9.59 Å². The maximum Gasteiger partial charge on any atom is 0.163 e. The van der Waals surface area contributed by atoms with E-state index in [4.69, 9.17) is 0 Å². The smallest absolute Gasteiger partial charge is 0.163 e. The van der Waals surface area contributed by atoms with Gasteiger partial charge in [-0.3, -0.25) is 9.59 Å². The summed E-state index contributed by atoms with van der Waals surface area (Å²) in [5.74, 6) is 0.763. The molecule has 2 nitrogen and oxygen atoms in total. The first kappa shape index (κ1) is 18.6. The van der Waals surface area contributed by atoms with E-state index in [1.54, 1.807) is 12.2 Å². The van der Waals surface area contributed by atoms with Gasteiger partial charge >= 0.3 is 0 Å². The highest BCUT2D eigenvalue weighted by atomic mass is 16.1. The van der Waals surface area contributed by atoms with Crippen LogP contribution >= 0.6 is 0 Å². The fourth-order valence-electron chi connectivity index (χ4n) is 3.21. The lowest BCUT2D eigenvalue weighted by atomic mass is 9.72. The van der Waals surface area contributed by atoms with Crippen molar-refractivity contribution in [3.8, 4) is 0 Å². The molecule has 0 fully saturated rings. The molecule has 1 aliphatic carbocycles. The summed E-state index contributed by atoms with van der Waals surface area (Å²) in [6.45, 7) is 12.0. The molecule has 0 aliphatic heterocycles. The zero-order valence-electron chi connectivity index (χ0n) is 14.9. The summed E-state index contributed by atoms with van der Waals surface area (Å²) in [6, 6.07) is 0. The van der Waals surface area contributed by atoms with Crippen molar-refractivity contribution in [2.24, 2.45) is 17.8 Å². The summed E-state index contributed by atoms with van der Waals surface area (Å²) in [6.07, 6.45) is 8.18. The molecule has 22 heavy (non-hydrogen) atoms. The summed E-state index contributed by atoms with van der Waals surface area (Å²) >= 11 is 0. The number of allylic oxidation sites excluding steroid dienone is 6. The topological polar surface area (TPSA) is 34.1 Å². The standard InChI is InChI=1S/C20H30O2/c1-13(2)10-17(21)12-16(6)18-9-7-8-15(5)20(18)19(22)11-14(3)4/h8,11-13,18,20H,7,9-10H2,1-6H3. The Morgan fingerprint density at radius 2 is 1.86 bits per heavy atom. The average molecular weight is 302 g/mol. The highest BCUT2D eigenvalue weighted by Crippen LogP contribution is 2.36. The zero-order valence-corrected chi connectivity index (χ0v) is 14.9. The summed E-state index contributed by atoms with van der Waals surface area (Å²) < 4.78 is 0. The normalized spacial score (nSPS) is 22.3. The number of ketones is 2. The van der Waals surface area contributed by atoms with E-state index < -0.39 is 0 Å². The van der Waals surface area contributed by atoms with Gasteiger partial charge in [-0.15, -0.1) is 0 Å². The SMILES string of the molecule is CC(C)=CC(=O)C1C(C)=CCCC1C(C)=CC(=O)CC(C)C. The molecule has 1 aliphatic rings. The summed E-state index contributed by atoms with van der Waals surface area (Å²) in [7, 11) is 0. The first-order chi connectivity index (χ1) is 10.2. The Bertz CT molecular complexity index is 514. The van der Waals surface area contributed by atoms with Crippen molar-refractivity contribution in [3.05, 3.63) is 34.9 Å². The van der Waals surface area contributed by atoms with E-state index >= 15 is 0 Å². The van der Waals surface area contributed by atoms with Crippen LogP contribution in [0.5, 0.6) is 0 Å². The van der Waals surface area contributed by atoms with Gasteiger partial charge < -0.3 is 0 Å². The molecule has 0 N–H and O–H groups in total. The Morgan fingerprint density at radius 1 is 1.23 bits per heavy atom. The van der Waals surface area contributed by atoms with Crippen molar-refractivity contribution in [2.45, 2.75) is 60.8 Å². The van der Waals surface area contributed by atoms with Gasteiger partial charge in [0.1, 0.15) is 0 Å². The van der Waals surface area contributed by atoms with Gasteiger partial charge in [0, 0.05) is 12.3 Å². The second-order valence-corrected chi connectivity index (χ2v) is 7.19. The van der Waals surface area contributed by atoms with E-state index in [2.05, 4.69) is 19.9 Å². The van der Waals surface area contributed by atoms with Gasteiger partial charge in [0.15, 0.2) is 11.6 Å². The van der Waals surface area contributed by atoms with Crippen LogP contribution in [-0.2, 0) is 9.59 Å².